The number of nitrogens with zero attached hydrogens (tertiary/aromatic N) is 2. The molecule has 0 radical (unpaired) electrons. The molecule has 0 bridgehead atoms. The van der Waals surface area contributed by atoms with Gasteiger partial charge < -0.3 is 0 Å². The van der Waals surface area contributed by atoms with Gasteiger partial charge in [-0.15, -0.1) is 0 Å². The number of benzene rings is 6. The summed E-state index contributed by atoms with van der Waals surface area (Å²) in [7, 11) is 0. The van der Waals surface area contributed by atoms with E-state index in [2.05, 4.69) is 217 Å². The molecule has 0 amide bonds. The van der Waals surface area contributed by atoms with Gasteiger partial charge in [-0.3, -0.25) is 0 Å². The van der Waals surface area contributed by atoms with Crippen LogP contribution in [0.3, 0.4) is 0 Å². The van der Waals surface area contributed by atoms with Gasteiger partial charge in [-0.25, -0.2) is 9.48 Å². The van der Waals surface area contributed by atoms with E-state index in [1.54, 1.807) is 0 Å². The predicted octanol–water partition coefficient (Wildman–Crippen LogP) is 14.2. The van der Waals surface area contributed by atoms with Gasteiger partial charge >= 0.3 is 0 Å². The van der Waals surface area contributed by atoms with Crippen molar-refractivity contribution in [3.8, 4) is 22.3 Å². The van der Waals surface area contributed by atoms with Crippen molar-refractivity contribution in [2.24, 2.45) is 0 Å². The molecule has 2 heteroatoms. The Hall–Kier alpha value is -5.21. The van der Waals surface area contributed by atoms with Crippen LogP contribution in [0.1, 0.15) is 125 Å². The largest absolute Gasteiger partial charge is 0.245 e. The lowest BCUT2D eigenvalue weighted by Crippen LogP contribution is -2.26. The van der Waals surface area contributed by atoms with E-state index in [1.807, 2.05) is 0 Å². The zero-order valence-electron chi connectivity index (χ0n) is 32.8. The van der Waals surface area contributed by atoms with Gasteiger partial charge in [0.2, 0.25) is 6.34 Å². The third-order valence-corrected chi connectivity index (χ3v) is 11.0. The maximum Gasteiger partial charge on any atom is 0.245 e. The summed E-state index contributed by atoms with van der Waals surface area (Å²) in [5.74, 6) is 1.76. The fourth-order valence-electron chi connectivity index (χ4n) is 7.88. The van der Waals surface area contributed by atoms with Crippen molar-refractivity contribution in [3.05, 3.63) is 179 Å². The molecule has 1 aliphatic rings. The Balaban J connectivity index is 1.50. The first-order valence-corrected chi connectivity index (χ1v) is 19.6. The number of anilines is 1. The molecule has 0 aromatic heterocycles. The highest BCUT2D eigenvalue weighted by atomic mass is 15.3. The van der Waals surface area contributed by atoms with Gasteiger partial charge in [0.15, 0.2) is 12.1 Å². The molecule has 7 rings (SSSR count). The molecule has 0 unspecified atom stereocenters. The Morgan fingerprint density at radius 3 is 1.36 bits per heavy atom. The highest BCUT2D eigenvalue weighted by Gasteiger charge is 2.47. The van der Waals surface area contributed by atoms with Crippen molar-refractivity contribution in [3.63, 3.8) is 0 Å². The topological polar surface area (TPSA) is 6.25 Å². The normalized spacial score (nSPS) is 15.9. The van der Waals surface area contributed by atoms with Crippen LogP contribution in [0.4, 0.5) is 11.4 Å². The maximum atomic E-state index is 2.56. The minimum absolute atomic E-state index is 0.0129. The van der Waals surface area contributed by atoms with Gasteiger partial charge in [-0.05, 0) is 69.2 Å². The van der Waals surface area contributed by atoms with E-state index in [9.17, 15) is 0 Å². The Kier molecular flexibility index (Phi) is 10.5. The third-order valence-electron chi connectivity index (χ3n) is 11.0. The van der Waals surface area contributed by atoms with E-state index in [-0.39, 0.29) is 12.1 Å². The van der Waals surface area contributed by atoms with Crippen molar-refractivity contribution >= 4 is 17.7 Å². The first-order valence-electron chi connectivity index (χ1n) is 19.6. The fraction of sp³-hybridized carbons (Fsp3) is 0.275. The smallest absolute Gasteiger partial charge is 0.221 e. The van der Waals surface area contributed by atoms with Crippen LogP contribution in [0, 0.1) is 0 Å². The predicted molar refractivity (Wildman–Crippen MR) is 227 cm³/mol. The van der Waals surface area contributed by atoms with Gasteiger partial charge in [-0.2, -0.15) is 0 Å². The molecule has 0 aliphatic carbocycles. The van der Waals surface area contributed by atoms with Gasteiger partial charge in [0.1, 0.15) is 11.4 Å². The van der Waals surface area contributed by atoms with Crippen molar-refractivity contribution in [1.82, 2.24) is 0 Å². The van der Waals surface area contributed by atoms with E-state index in [0.717, 1.165) is 0 Å². The molecule has 6 aromatic rings. The van der Waals surface area contributed by atoms with Gasteiger partial charge in [0.25, 0.3) is 0 Å². The van der Waals surface area contributed by atoms with Gasteiger partial charge in [0.05, 0.1) is 0 Å². The minimum atomic E-state index is 0.0129. The molecule has 0 saturated heterocycles. The molecule has 1 heterocycles. The molecule has 0 N–H and O–H groups in total. The van der Waals surface area contributed by atoms with E-state index >= 15 is 0 Å². The highest BCUT2D eigenvalue weighted by molar-refractivity contribution is 5.91. The highest BCUT2D eigenvalue weighted by Crippen LogP contribution is 2.49. The molecule has 0 saturated carbocycles. The zero-order valence-corrected chi connectivity index (χ0v) is 32.8. The molecule has 2 atom stereocenters. The van der Waals surface area contributed by atoms with Crippen molar-refractivity contribution in [1.29, 1.82) is 0 Å². The summed E-state index contributed by atoms with van der Waals surface area (Å²) in [6.07, 6.45) is 2.40. The number of para-hydroxylation sites is 2. The second-order valence-corrected chi connectivity index (χ2v) is 16.1. The molecule has 268 valence electrons. The number of hydrogen-bond donors (Lipinski definition) is 0. The van der Waals surface area contributed by atoms with Crippen LogP contribution < -0.4 is 4.90 Å². The van der Waals surface area contributed by atoms with Crippen LogP contribution in [0.25, 0.3) is 22.3 Å². The molecule has 53 heavy (non-hydrogen) atoms. The number of rotatable bonds is 10. The lowest BCUT2D eigenvalue weighted by atomic mass is 9.88. The Bertz CT molecular complexity index is 2150. The monoisotopic (exact) mass is 695 g/mol. The Morgan fingerprint density at radius 2 is 0.849 bits per heavy atom. The zero-order chi connectivity index (χ0) is 37.2. The lowest BCUT2D eigenvalue weighted by Gasteiger charge is -2.26. The minimum Gasteiger partial charge on any atom is -0.221 e. The summed E-state index contributed by atoms with van der Waals surface area (Å²) < 4.78 is 2.56. The van der Waals surface area contributed by atoms with E-state index in [1.165, 1.54) is 67.0 Å². The third kappa shape index (κ3) is 7.38. The summed E-state index contributed by atoms with van der Waals surface area (Å²) in [6, 6.07) is 54.7. The Labute approximate surface area is 318 Å². The van der Waals surface area contributed by atoms with E-state index in [4.69, 9.17) is 0 Å². The standard InChI is InChI=1S/C51H55N2/c1-34(2)40-27-41(35(3)4)30-44(29-40)46-23-15-17-25-48(46)52-33-53(51(39-21-13-10-14-22-39)50(52)38-19-11-9-12-20-38)49-26-18-16-24-47(49)45-31-42(36(5)6)28-43(32-45)37(7)8/h9-37,50-51H,1-8H3/q+1/t50-,51-/m0/s1. The van der Waals surface area contributed by atoms with Crippen molar-refractivity contribution in [2.45, 2.75) is 91.1 Å². The summed E-state index contributed by atoms with van der Waals surface area (Å²) in [5.41, 5.74) is 15.6. The van der Waals surface area contributed by atoms with E-state index in [0.29, 0.717) is 23.7 Å². The second kappa shape index (κ2) is 15.4. The maximum absolute atomic E-state index is 2.56. The van der Waals surface area contributed by atoms with Crippen LogP contribution in [0.2, 0.25) is 0 Å². The Morgan fingerprint density at radius 1 is 0.434 bits per heavy atom. The molecule has 6 aromatic carbocycles. The molecular weight excluding hydrogens is 641 g/mol. The van der Waals surface area contributed by atoms with Crippen LogP contribution >= 0.6 is 0 Å². The van der Waals surface area contributed by atoms with Crippen LogP contribution in [-0.2, 0) is 0 Å². The molecule has 1 aliphatic heterocycles. The molecule has 0 fully saturated rings. The molecular formula is C51H55N2+. The van der Waals surface area contributed by atoms with Crippen LogP contribution in [0.5, 0.6) is 0 Å². The quantitative estimate of drug-likeness (QED) is 0.129. The first-order chi connectivity index (χ1) is 25.6. The SMILES string of the molecule is CC(C)c1cc(-c2ccccc2N2C=[N+](c3ccccc3-c3cc(C(C)C)cc(C(C)C)c3)[C@@H](c3ccccc3)[C@@H]2c2ccccc2)cc(C(C)C)c1. The summed E-state index contributed by atoms with van der Waals surface area (Å²) in [4.78, 5) is 2.56. The van der Waals surface area contributed by atoms with Crippen molar-refractivity contribution < 1.29 is 4.58 Å². The van der Waals surface area contributed by atoms with Gasteiger partial charge in [-0.1, -0.05) is 189 Å². The average Bonchev–Trinajstić information content (AvgIpc) is 3.58. The van der Waals surface area contributed by atoms with Crippen LogP contribution in [0.15, 0.2) is 146 Å². The van der Waals surface area contributed by atoms with E-state index < -0.39 is 0 Å². The second-order valence-electron chi connectivity index (χ2n) is 16.1. The summed E-state index contributed by atoms with van der Waals surface area (Å²) >= 11 is 0. The average molecular weight is 696 g/mol. The van der Waals surface area contributed by atoms with Crippen LogP contribution in [-0.4, -0.2) is 10.9 Å². The first kappa shape index (κ1) is 36.2. The summed E-state index contributed by atoms with van der Waals surface area (Å²) in [5, 5.41) is 0. The lowest BCUT2D eigenvalue weighted by molar-refractivity contribution is -0.480. The summed E-state index contributed by atoms with van der Waals surface area (Å²) in [6.45, 7) is 18.4. The molecule has 2 nitrogen and oxygen atoms in total. The fourth-order valence-corrected chi connectivity index (χ4v) is 7.88. The van der Waals surface area contributed by atoms with Crippen molar-refractivity contribution in [2.75, 3.05) is 4.90 Å². The molecule has 0 spiro atoms. The van der Waals surface area contributed by atoms with Gasteiger partial charge in [0, 0.05) is 22.3 Å². The number of hydrogen-bond acceptors (Lipinski definition) is 1.